The fourth-order valence-corrected chi connectivity index (χ4v) is 2.06. The van der Waals surface area contributed by atoms with Crippen molar-refractivity contribution in [2.24, 2.45) is 0 Å². The van der Waals surface area contributed by atoms with Crippen LogP contribution >= 0.6 is 0 Å². The highest BCUT2D eigenvalue weighted by atomic mass is 16.6. The summed E-state index contributed by atoms with van der Waals surface area (Å²) >= 11 is 0. The molecule has 1 aliphatic heterocycles. The Kier molecular flexibility index (Phi) is 3.88. The summed E-state index contributed by atoms with van der Waals surface area (Å²) in [5, 5.41) is 0. The van der Waals surface area contributed by atoms with E-state index < -0.39 is 5.60 Å². The van der Waals surface area contributed by atoms with E-state index in [0.717, 1.165) is 6.42 Å². The maximum atomic E-state index is 12.0. The third-order valence-corrected chi connectivity index (χ3v) is 2.93. The second-order valence-electron chi connectivity index (χ2n) is 5.73. The summed E-state index contributed by atoms with van der Waals surface area (Å²) in [6.45, 7) is 6.27. The number of carbonyl (C=O) groups is 1. The number of rotatable bonds is 1. The SMILES string of the molecule is CC(C)(C)OC(=O)N1C=CCC(c2ccncc2)C1. The minimum absolute atomic E-state index is 0.289. The lowest BCUT2D eigenvalue weighted by Gasteiger charge is -2.30. The fraction of sp³-hybridized carbons (Fsp3) is 0.467. The van der Waals surface area contributed by atoms with Crippen LogP contribution in [0.1, 0.15) is 38.7 Å². The number of aromatic nitrogens is 1. The molecule has 1 aromatic rings. The fourth-order valence-electron chi connectivity index (χ4n) is 2.06. The zero-order valence-electron chi connectivity index (χ0n) is 11.7. The summed E-state index contributed by atoms with van der Waals surface area (Å²) in [4.78, 5) is 17.7. The molecule has 1 aromatic heterocycles. The Hall–Kier alpha value is -1.84. The monoisotopic (exact) mass is 260 g/mol. The number of nitrogens with zero attached hydrogens (tertiary/aromatic N) is 2. The molecule has 0 aliphatic carbocycles. The predicted molar refractivity (Wildman–Crippen MR) is 73.7 cm³/mol. The molecule has 1 amide bonds. The maximum absolute atomic E-state index is 12.0. The molecule has 0 saturated carbocycles. The van der Waals surface area contributed by atoms with Crippen molar-refractivity contribution in [2.75, 3.05) is 6.54 Å². The number of hydrogen-bond acceptors (Lipinski definition) is 3. The van der Waals surface area contributed by atoms with Crippen LogP contribution in [0.15, 0.2) is 36.8 Å². The van der Waals surface area contributed by atoms with Gasteiger partial charge in [-0.2, -0.15) is 0 Å². The van der Waals surface area contributed by atoms with Crippen molar-refractivity contribution in [3.63, 3.8) is 0 Å². The van der Waals surface area contributed by atoms with Gasteiger partial charge in [-0.05, 0) is 44.9 Å². The first-order valence-corrected chi connectivity index (χ1v) is 6.52. The van der Waals surface area contributed by atoms with Gasteiger partial charge in [0.1, 0.15) is 5.60 Å². The topological polar surface area (TPSA) is 42.4 Å². The van der Waals surface area contributed by atoms with E-state index in [9.17, 15) is 4.79 Å². The van der Waals surface area contributed by atoms with E-state index in [-0.39, 0.29) is 6.09 Å². The van der Waals surface area contributed by atoms with Crippen LogP contribution in [0.4, 0.5) is 4.79 Å². The second-order valence-corrected chi connectivity index (χ2v) is 5.73. The van der Waals surface area contributed by atoms with Crippen molar-refractivity contribution in [2.45, 2.75) is 38.7 Å². The van der Waals surface area contributed by atoms with Gasteiger partial charge in [-0.1, -0.05) is 6.08 Å². The van der Waals surface area contributed by atoms with Crippen LogP contribution in [0, 0.1) is 0 Å². The van der Waals surface area contributed by atoms with Crippen molar-refractivity contribution >= 4 is 6.09 Å². The summed E-state index contributed by atoms with van der Waals surface area (Å²) in [7, 11) is 0. The molecule has 0 aromatic carbocycles. The molecule has 19 heavy (non-hydrogen) atoms. The van der Waals surface area contributed by atoms with E-state index in [1.54, 1.807) is 17.3 Å². The summed E-state index contributed by atoms with van der Waals surface area (Å²) in [6.07, 6.45) is 8.03. The zero-order valence-corrected chi connectivity index (χ0v) is 11.7. The highest BCUT2D eigenvalue weighted by Crippen LogP contribution is 2.25. The summed E-state index contributed by atoms with van der Waals surface area (Å²) in [6, 6.07) is 3.99. The average Bonchev–Trinajstić information content (AvgIpc) is 2.38. The quantitative estimate of drug-likeness (QED) is 0.778. The van der Waals surface area contributed by atoms with Gasteiger partial charge >= 0.3 is 6.09 Å². The number of amides is 1. The Morgan fingerprint density at radius 2 is 2.05 bits per heavy atom. The lowest BCUT2D eigenvalue weighted by molar-refractivity contribution is 0.0318. The molecule has 2 heterocycles. The normalized spacial score (nSPS) is 19.3. The number of pyridine rings is 1. The van der Waals surface area contributed by atoms with Crippen LogP contribution in [0.25, 0.3) is 0 Å². The molecule has 2 rings (SSSR count). The van der Waals surface area contributed by atoms with Crippen molar-refractivity contribution in [3.05, 3.63) is 42.4 Å². The second kappa shape index (κ2) is 5.43. The standard InChI is InChI=1S/C15H20N2O2/c1-15(2,3)19-14(18)17-10-4-5-13(11-17)12-6-8-16-9-7-12/h4,6-10,13H,5,11H2,1-3H3. The predicted octanol–water partition coefficient (Wildman–Crippen LogP) is 3.32. The molecule has 0 saturated heterocycles. The van der Waals surface area contributed by atoms with Gasteiger partial charge in [0.2, 0.25) is 0 Å². The minimum atomic E-state index is -0.464. The van der Waals surface area contributed by atoms with E-state index in [1.807, 2.05) is 45.2 Å². The molecule has 1 aliphatic rings. The minimum Gasteiger partial charge on any atom is -0.443 e. The molecule has 4 nitrogen and oxygen atoms in total. The average molecular weight is 260 g/mol. The Morgan fingerprint density at radius 1 is 1.37 bits per heavy atom. The van der Waals surface area contributed by atoms with Gasteiger partial charge in [-0.25, -0.2) is 4.79 Å². The molecule has 0 N–H and O–H groups in total. The number of allylic oxidation sites excluding steroid dienone is 1. The highest BCUT2D eigenvalue weighted by Gasteiger charge is 2.25. The smallest absolute Gasteiger partial charge is 0.414 e. The van der Waals surface area contributed by atoms with Gasteiger partial charge in [-0.15, -0.1) is 0 Å². The van der Waals surface area contributed by atoms with Crippen molar-refractivity contribution in [3.8, 4) is 0 Å². The first kappa shape index (κ1) is 13.6. The summed E-state index contributed by atoms with van der Waals surface area (Å²) in [5.41, 5.74) is 0.738. The molecule has 0 radical (unpaired) electrons. The number of carbonyl (C=O) groups excluding carboxylic acids is 1. The van der Waals surface area contributed by atoms with Crippen LogP contribution in [0.3, 0.4) is 0 Å². The van der Waals surface area contributed by atoms with Gasteiger partial charge in [-0.3, -0.25) is 9.88 Å². The summed E-state index contributed by atoms with van der Waals surface area (Å²) in [5.74, 6) is 0.306. The molecular weight excluding hydrogens is 240 g/mol. The van der Waals surface area contributed by atoms with Gasteiger partial charge in [0.05, 0.1) is 0 Å². The van der Waals surface area contributed by atoms with E-state index >= 15 is 0 Å². The zero-order chi connectivity index (χ0) is 13.9. The molecule has 0 spiro atoms. The molecule has 1 atom stereocenters. The van der Waals surface area contributed by atoms with Crippen LogP contribution in [-0.2, 0) is 4.74 Å². The Morgan fingerprint density at radius 3 is 2.68 bits per heavy atom. The van der Waals surface area contributed by atoms with Gasteiger partial charge < -0.3 is 4.74 Å². The van der Waals surface area contributed by atoms with Crippen molar-refractivity contribution in [1.29, 1.82) is 0 Å². The lowest BCUT2D eigenvalue weighted by Crippen LogP contribution is -2.37. The molecule has 0 bridgehead atoms. The van der Waals surface area contributed by atoms with Crippen LogP contribution in [-0.4, -0.2) is 28.1 Å². The summed E-state index contributed by atoms with van der Waals surface area (Å²) < 4.78 is 5.38. The molecule has 1 unspecified atom stereocenters. The van der Waals surface area contributed by atoms with E-state index in [4.69, 9.17) is 4.74 Å². The van der Waals surface area contributed by atoms with Gasteiger partial charge in [0.15, 0.2) is 0 Å². The maximum Gasteiger partial charge on any atom is 0.414 e. The molecule has 102 valence electrons. The number of ether oxygens (including phenoxy) is 1. The molecular formula is C15H20N2O2. The van der Waals surface area contributed by atoms with Crippen LogP contribution in [0.5, 0.6) is 0 Å². The Balaban J connectivity index is 2.04. The Bertz CT molecular complexity index is 463. The van der Waals surface area contributed by atoms with Crippen molar-refractivity contribution < 1.29 is 9.53 Å². The van der Waals surface area contributed by atoms with Crippen LogP contribution in [0.2, 0.25) is 0 Å². The van der Waals surface area contributed by atoms with Gasteiger partial charge in [0, 0.05) is 31.1 Å². The third kappa shape index (κ3) is 3.81. The van der Waals surface area contributed by atoms with Crippen LogP contribution < -0.4 is 0 Å². The molecule has 0 fully saturated rings. The van der Waals surface area contributed by atoms with E-state index in [1.165, 1.54) is 5.56 Å². The van der Waals surface area contributed by atoms with E-state index in [0.29, 0.717) is 12.5 Å². The first-order chi connectivity index (χ1) is 8.96. The van der Waals surface area contributed by atoms with Crippen molar-refractivity contribution in [1.82, 2.24) is 9.88 Å². The highest BCUT2D eigenvalue weighted by molar-refractivity contribution is 5.69. The molecule has 4 heteroatoms. The first-order valence-electron chi connectivity index (χ1n) is 6.52. The lowest BCUT2D eigenvalue weighted by atomic mass is 9.94. The van der Waals surface area contributed by atoms with Gasteiger partial charge in [0.25, 0.3) is 0 Å². The Labute approximate surface area is 114 Å². The third-order valence-electron chi connectivity index (χ3n) is 2.93. The largest absolute Gasteiger partial charge is 0.443 e. The van der Waals surface area contributed by atoms with E-state index in [2.05, 4.69) is 4.98 Å². The number of hydrogen-bond donors (Lipinski definition) is 0.